The molecule has 2 aromatic rings. The van der Waals surface area contributed by atoms with Gasteiger partial charge >= 0.3 is 0 Å². The Hall–Kier alpha value is -2.74. The Morgan fingerprint density at radius 2 is 1.78 bits per heavy atom. The molecule has 0 aliphatic carbocycles. The van der Waals surface area contributed by atoms with Crippen molar-refractivity contribution in [2.45, 2.75) is 13.8 Å². The van der Waals surface area contributed by atoms with Gasteiger partial charge in [-0.1, -0.05) is 37.4 Å². The van der Waals surface area contributed by atoms with Gasteiger partial charge in [-0.05, 0) is 60.6 Å². The number of hydrogen-bond donors (Lipinski definition) is 1. The van der Waals surface area contributed by atoms with Crippen LogP contribution in [-0.4, -0.2) is 11.6 Å². The highest BCUT2D eigenvalue weighted by Crippen LogP contribution is 2.09. The van der Waals surface area contributed by atoms with Gasteiger partial charge in [0.25, 0.3) is 0 Å². The summed E-state index contributed by atoms with van der Waals surface area (Å²) in [5.74, 6) is 0. The largest absolute Gasteiger partial charge is 0.392 e. The third kappa shape index (κ3) is 4.13. The van der Waals surface area contributed by atoms with Crippen LogP contribution in [0.5, 0.6) is 0 Å². The number of nitrogens with one attached hydrogen (secondary N) is 1. The molecule has 2 nitrogen and oxygen atoms in total. The summed E-state index contributed by atoms with van der Waals surface area (Å²) in [5.41, 5.74) is 4.34. The van der Waals surface area contributed by atoms with Gasteiger partial charge < -0.3 is 9.88 Å². The number of nitrogens with zero attached hydrogens (tertiary/aromatic N) is 1. The second-order valence-corrected chi connectivity index (χ2v) is 5.55. The fourth-order valence-electron chi connectivity index (χ4n) is 2.18. The lowest BCUT2D eigenvalue weighted by Gasteiger charge is -2.05. The molecular weight excluding hydrogens is 280 g/mol. The fraction of sp³-hybridized carbons (Fsp3) is 0.143. The van der Waals surface area contributed by atoms with Crippen molar-refractivity contribution in [1.82, 2.24) is 9.88 Å². The van der Waals surface area contributed by atoms with E-state index in [2.05, 4.69) is 60.3 Å². The standard InChI is InChI=1S/C21H24N2/c1-16(11-12-19(4)22-5)18(3)15-21-17(2)13-14-23(21)20-9-7-6-8-10-20/h6-15,22H,2-3H2,1,4-5H3/b16-11+,19-12+,21-15+. The minimum absolute atomic E-state index is 0.978. The fourth-order valence-corrected chi connectivity index (χ4v) is 2.18. The van der Waals surface area contributed by atoms with E-state index in [0.29, 0.717) is 0 Å². The molecule has 0 atom stereocenters. The SMILES string of the molecule is C=C(/C=c1\c(=C)ccn1-c1ccccc1)/C(C)=C/C=C(\C)NC. The van der Waals surface area contributed by atoms with E-state index in [1.54, 1.807) is 0 Å². The predicted octanol–water partition coefficient (Wildman–Crippen LogP) is 3.29. The van der Waals surface area contributed by atoms with E-state index in [9.17, 15) is 0 Å². The third-order valence-electron chi connectivity index (χ3n) is 3.84. The lowest BCUT2D eigenvalue weighted by atomic mass is 10.1. The van der Waals surface area contributed by atoms with Crippen LogP contribution in [0, 0.1) is 0 Å². The Morgan fingerprint density at radius 1 is 1.09 bits per heavy atom. The molecule has 0 radical (unpaired) electrons. The van der Waals surface area contributed by atoms with Crippen LogP contribution in [0.15, 0.2) is 78.2 Å². The molecular formula is C21H24N2. The number of para-hydroxylation sites is 1. The van der Waals surface area contributed by atoms with Crippen molar-refractivity contribution in [3.05, 3.63) is 88.7 Å². The lowest BCUT2D eigenvalue weighted by Crippen LogP contribution is -2.27. The van der Waals surface area contributed by atoms with Gasteiger partial charge in [0.15, 0.2) is 0 Å². The maximum absolute atomic E-state index is 4.19. The Balaban J connectivity index is 2.43. The first-order valence-corrected chi connectivity index (χ1v) is 7.68. The summed E-state index contributed by atoms with van der Waals surface area (Å²) in [7, 11) is 1.91. The molecule has 23 heavy (non-hydrogen) atoms. The Bertz CT molecular complexity index is 849. The van der Waals surface area contributed by atoms with Crippen LogP contribution >= 0.6 is 0 Å². The van der Waals surface area contributed by atoms with Crippen LogP contribution in [0.3, 0.4) is 0 Å². The quantitative estimate of drug-likeness (QED) is 0.839. The van der Waals surface area contributed by atoms with E-state index >= 15 is 0 Å². The van der Waals surface area contributed by atoms with Gasteiger partial charge in [0, 0.05) is 24.6 Å². The normalized spacial score (nSPS) is 13.3. The Labute approximate surface area is 138 Å². The van der Waals surface area contributed by atoms with Gasteiger partial charge in [-0.25, -0.2) is 0 Å². The summed E-state index contributed by atoms with van der Waals surface area (Å²) in [6, 6.07) is 12.3. The van der Waals surface area contributed by atoms with E-state index in [4.69, 9.17) is 0 Å². The van der Waals surface area contributed by atoms with Crippen molar-refractivity contribution >= 4 is 12.7 Å². The van der Waals surface area contributed by atoms with Crippen molar-refractivity contribution in [2.75, 3.05) is 7.05 Å². The Kier molecular flexibility index (Phi) is 5.42. The molecule has 0 aliphatic heterocycles. The van der Waals surface area contributed by atoms with E-state index in [1.807, 2.05) is 44.4 Å². The lowest BCUT2D eigenvalue weighted by molar-refractivity contribution is 0.990. The number of hydrogen-bond acceptors (Lipinski definition) is 1. The molecule has 0 amide bonds. The zero-order valence-corrected chi connectivity index (χ0v) is 14.1. The molecule has 2 heteroatoms. The zero-order valence-electron chi connectivity index (χ0n) is 14.1. The summed E-state index contributed by atoms with van der Waals surface area (Å²) in [6.45, 7) is 12.4. The van der Waals surface area contributed by atoms with Crippen molar-refractivity contribution in [3.63, 3.8) is 0 Å². The number of rotatable bonds is 5. The minimum atomic E-state index is 0.978. The van der Waals surface area contributed by atoms with Gasteiger partial charge in [0.2, 0.25) is 0 Å². The molecule has 1 N–H and O–H groups in total. The minimum Gasteiger partial charge on any atom is -0.392 e. The van der Waals surface area contributed by atoms with Crippen molar-refractivity contribution < 1.29 is 0 Å². The molecule has 0 bridgehead atoms. The molecule has 0 saturated carbocycles. The van der Waals surface area contributed by atoms with Crippen LogP contribution in [0.4, 0.5) is 0 Å². The summed E-state index contributed by atoms with van der Waals surface area (Å²) < 4.78 is 2.13. The van der Waals surface area contributed by atoms with E-state index in [1.165, 1.54) is 0 Å². The highest BCUT2D eigenvalue weighted by atomic mass is 15.0. The molecule has 0 spiro atoms. The van der Waals surface area contributed by atoms with Crippen LogP contribution in [-0.2, 0) is 0 Å². The van der Waals surface area contributed by atoms with Crippen molar-refractivity contribution in [1.29, 1.82) is 0 Å². The van der Waals surface area contributed by atoms with Crippen LogP contribution < -0.4 is 15.9 Å². The molecule has 1 aromatic carbocycles. The van der Waals surface area contributed by atoms with Gasteiger partial charge in [0.1, 0.15) is 0 Å². The summed E-state index contributed by atoms with van der Waals surface area (Å²) in [5, 5.41) is 5.16. The smallest absolute Gasteiger partial charge is 0.0528 e. The van der Waals surface area contributed by atoms with Gasteiger partial charge in [0.05, 0.1) is 5.35 Å². The van der Waals surface area contributed by atoms with Crippen LogP contribution in [0.2, 0.25) is 0 Å². The number of benzene rings is 1. The maximum Gasteiger partial charge on any atom is 0.0528 e. The van der Waals surface area contributed by atoms with E-state index in [-0.39, 0.29) is 0 Å². The predicted molar refractivity (Wildman–Crippen MR) is 101 cm³/mol. The maximum atomic E-state index is 4.19. The summed E-state index contributed by atoms with van der Waals surface area (Å²) in [6.07, 6.45) is 8.25. The first-order chi connectivity index (χ1) is 11.0. The van der Waals surface area contributed by atoms with E-state index < -0.39 is 0 Å². The first-order valence-electron chi connectivity index (χ1n) is 7.68. The molecule has 2 rings (SSSR count). The van der Waals surface area contributed by atoms with Crippen molar-refractivity contribution in [2.24, 2.45) is 0 Å². The van der Waals surface area contributed by atoms with Crippen LogP contribution in [0.25, 0.3) is 18.3 Å². The molecule has 0 fully saturated rings. The molecule has 0 unspecified atom stereocenters. The van der Waals surface area contributed by atoms with E-state index in [0.717, 1.165) is 33.1 Å². The third-order valence-corrected chi connectivity index (χ3v) is 3.84. The molecule has 0 aliphatic rings. The van der Waals surface area contributed by atoms with Crippen LogP contribution in [0.1, 0.15) is 13.8 Å². The van der Waals surface area contributed by atoms with Crippen molar-refractivity contribution in [3.8, 4) is 5.69 Å². The zero-order chi connectivity index (χ0) is 16.8. The molecule has 0 saturated heterocycles. The Morgan fingerprint density at radius 3 is 2.43 bits per heavy atom. The molecule has 118 valence electrons. The second kappa shape index (κ2) is 7.50. The average Bonchev–Trinajstić information content (AvgIpc) is 2.93. The topological polar surface area (TPSA) is 17.0 Å². The highest BCUT2D eigenvalue weighted by molar-refractivity contribution is 5.56. The number of aromatic nitrogens is 1. The second-order valence-electron chi connectivity index (χ2n) is 5.55. The summed E-state index contributed by atoms with van der Waals surface area (Å²) >= 11 is 0. The monoisotopic (exact) mass is 304 g/mol. The average molecular weight is 304 g/mol. The number of allylic oxidation sites excluding steroid dienone is 5. The highest BCUT2D eigenvalue weighted by Gasteiger charge is 2.00. The molecule has 1 heterocycles. The molecule has 1 aromatic heterocycles. The summed E-state index contributed by atoms with van der Waals surface area (Å²) in [4.78, 5) is 0. The van der Waals surface area contributed by atoms with Gasteiger partial charge in [-0.15, -0.1) is 0 Å². The first kappa shape index (κ1) is 16.6. The van der Waals surface area contributed by atoms with Gasteiger partial charge in [-0.3, -0.25) is 0 Å². The van der Waals surface area contributed by atoms with Gasteiger partial charge in [-0.2, -0.15) is 0 Å².